The number of fused-ring (bicyclic) bond motifs is 1. The van der Waals surface area contributed by atoms with Crippen LogP contribution >= 0.6 is 11.3 Å². The molecule has 21 heavy (non-hydrogen) atoms. The summed E-state index contributed by atoms with van der Waals surface area (Å²) in [4.78, 5) is 17.9. The van der Waals surface area contributed by atoms with Gasteiger partial charge in [-0.05, 0) is 17.5 Å². The van der Waals surface area contributed by atoms with Crippen molar-refractivity contribution >= 4 is 33.2 Å². The molecule has 0 aromatic carbocycles. The predicted octanol–water partition coefficient (Wildman–Crippen LogP) is 1.83. The molecule has 1 fully saturated rings. The molecule has 4 rings (SSSR count). The number of hydrogen-bond acceptors (Lipinski definition) is 5. The van der Waals surface area contributed by atoms with Crippen LogP contribution in [0, 0.1) is 0 Å². The average molecular weight is 298 g/mol. The Morgan fingerprint density at radius 2 is 1.86 bits per heavy atom. The molecule has 5 nitrogen and oxygen atoms in total. The lowest BCUT2D eigenvalue weighted by Crippen LogP contribution is -2.48. The number of aromatic nitrogens is 3. The Kier molecular flexibility index (Phi) is 3.16. The summed E-state index contributed by atoms with van der Waals surface area (Å²) in [7, 11) is 0. The number of hydrogen-bond donors (Lipinski definition) is 0. The molecule has 4 heterocycles. The number of pyridine rings is 1. The van der Waals surface area contributed by atoms with Crippen molar-refractivity contribution in [1.29, 1.82) is 0 Å². The van der Waals surface area contributed by atoms with Gasteiger partial charge in [0.05, 0.1) is 24.7 Å². The summed E-state index contributed by atoms with van der Waals surface area (Å²) in [5, 5.41) is 3.25. The molecule has 1 aliphatic heterocycles. The highest BCUT2D eigenvalue weighted by Gasteiger charge is 2.24. The number of piperazine rings is 1. The van der Waals surface area contributed by atoms with Crippen LogP contribution in [0.3, 0.4) is 0 Å². The van der Waals surface area contributed by atoms with E-state index in [2.05, 4.69) is 48.3 Å². The third-order valence-corrected chi connectivity index (χ3v) is 4.67. The lowest BCUT2D eigenvalue weighted by atomic mass is 10.2. The molecule has 6 heteroatoms. The van der Waals surface area contributed by atoms with Gasteiger partial charge in [-0.1, -0.05) is 6.07 Å². The van der Waals surface area contributed by atoms with Gasteiger partial charge in [-0.15, -0.1) is 11.3 Å². The molecule has 0 radical (unpaired) electrons. The molecular weight excluding hydrogens is 282 g/mol. The first-order valence-corrected chi connectivity index (χ1v) is 7.94. The van der Waals surface area contributed by atoms with Crippen LogP contribution in [0.15, 0.2) is 42.2 Å². The third-order valence-electron chi connectivity index (χ3n) is 3.85. The second kappa shape index (κ2) is 5.29. The highest BCUT2D eigenvalue weighted by Crippen LogP contribution is 2.27. The molecule has 0 spiro atoms. The van der Waals surface area contributed by atoms with E-state index in [0.29, 0.717) is 0 Å². The van der Waals surface area contributed by atoms with Crippen LogP contribution in [0.25, 0.3) is 10.2 Å². The second-order valence-corrected chi connectivity index (χ2v) is 5.95. The van der Waals surface area contributed by atoms with E-state index in [4.69, 9.17) is 0 Å². The first-order chi connectivity index (χ1) is 10.4. The number of rotatable bonds is 2. The first-order valence-electron chi connectivity index (χ1n) is 7.06. The van der Waals surface area contributed by atoms with Crippen molar-refractivity contribution < 1.29 is 4.98 Å². The normalized spacial score (nSPS) is 15.6. The number of aromatic amines is 1. The van der Waals surface area contributed by atoms with Crippen LogP contribution in [0.2, 0.25) is 0 Å². The van der Waals surface area contributed by atoms with Crippen molar-refractivity contribution in [3.05, 3.63) is 42.2 Å². The SMILES string of the molecule is c1ccc(N2CCN(c3ncnc4sccc34)CC2)[nH+]c1. The van der Waals surface area contributed by atoms with Gasteiger partial charge in [-0.3, -0.25) is 4.90 Å². The Morgan fingerprint density at radius 3 is 2.67 bits per heavy atom. The number of anilines is 2. The molecule has 1 aliphatic rings. The van der Waals surface area contributed by atoms with Gasteiger partial charge in [-0.25, -0.2) is 15.0 Å². The summed E-state index contributed by atoms with van der Waals surface area (Å²) in [5.74, 6) is 2.25. The molecule has 0 amide bonds. The molecular formula is C15H16N5S+. The van der Waals surface area contributed by atoms with E-state index in [1.54, 1.807) is 17.7 Å². The lowest BCUT2D eigenvalue weighted by Gasteiger charge is -2.31. The van der Waals surface area contributed by atoms with E-state index in [1.807, 2.05) is 12.3 Å². The van der Waals surface area contributed by atoms with Crippen molar-refractivity contribution in [2.75, 3.05) is 36.0 Å². The Labute approximate surface area is 126 Å². The standard InChI is InChI=1S/C15H15N5S/c1-2-5-16-13(3-1)19-6-8-20(9-7-19)14-12-4-10-21-15(12)18-11-17-14/h1-5,10-11H,6-9H2/p+1. The van der Waals surface area contributed by atoms with Gasteiger partial charge in [0.25, 0.3) is 5.82 Å². The molecule has 106 valence electrons. The van der Waals surface area contributed by atoms with Crippen LogP contribution in [0.5, 0.6) is 0 Å². The third kappa shape index (κ3) is 2.31. The summed E-state index contributed by atoms with van der Waals surface area (Å²) < 4.78 is 0. The fourth-order valence-corrected chi connectivity index (χ4v) is 3.50. The van der Waals surface area contributed by atoms with Crippen molar-refractivity contribution in [2.45, 2.75) is 0 Å². The van der Waals surface area contributed by atoms with Gasteiger partial charge < -0.3 is 4.90 Å². The molecule has 1 saturated heterocycles. The maximum absolute atomic E-state index is 4.50. The topological polar surface area (TPSA) is 46.4 Å². The maximum atomic E-state index is 4.50. The fourth-order valence-electron chi connectivity index (χ4n) is 2.77. The number of nitrogens with one attached hydrogen (secondary N) is 1. The van der Waals surface area contributed by atoms with E-state index in [9.17, 15) is 0 Å². The van der Waals surface area contributed by atoms with Gasteiger partial charge >= 0.3 is 0 Å². The zero-order valence-corrected chi connectivity index (χ0v) is 12.4. The fraction of sp³-hybridized carbons (Fsp3) is 0.267. The van der Waals surface area contributed by atoms with Crippen LogP contribution in [0.1, 0.15) is 0 Å². The summed E-state index contributed by atoms with van der Waals surface area (Å²) in [6, 6.07) is 8.32. The average Bonchev–Trinajstić information content (AvgIpc) is 3.04. The van der Waals surface area contributed by atoms with E-state index < -0.39 is 0 Å². The quantitative estimate of drug-likeness (QED) is 0.724. The monoisotopic (exact) mass is 298 g/mol. The summed E-state index contributed by atoms with van der Waals surface area (Å²) in [6.07, 6.45) is 3.65. The Hall–Kier alpha value is -2.21. The summed E-state index contributed by atoms with van der Waals surface area (Å²) >= 11 is 1.67. The molecule has 0 unspecified atom stereocenters. The van der Waals surface area contributed by atoms with Crippen LogP contribution in [0.4, 0.5) is 11.6 Å². The molecule has 0 aliphatic carbocycles. The van der Waals surface area contributed by atoms with Gasteiger partial charge in [-0.2, -0.15) is 0 Å². The van der Waals surface area contributed by atoms with Gasteiger partial charge in [0.1, 0.15) is 30.1 Å². The second-order valence-electron chi connectivity index (χ2n) is 5.06. The minimum absolute atomic E-state index is 0.977. The molecule has 0 atom stereocenters. The van der Waals surface area contributed by atoms with Crippen LogP contribution in [-0.4, -0.2) is 36.1 Å². The minimum Gasteiger partial charge on any atom is -0.348 e. The molecule has 1 N–H and O–H groups in total. The smallest absolute Gasteiger partial charge is 0.274 e. The largest absolute Gasteiger partial charge is 0.348 e. The van der Waals surface area contributed by atoms with Gasteiger partial charge in [0, 0.05) is 6.07 Å². The number of thiophene rings is 1. The number of nitrogens with zero attached hydrogens (tertiary/aromatic N) is 4. The van der Waals surface area contributed by atoms with Crippen molar-refractivity contribution in [3.63, 3.8) is 0 Å². The lowest BCUT2D eigenvalue weighted by molar-refractivity contribution is -0.364. The molecule has 3 aromatic rings. The van der Waals surface area contributed by atoms with E-state index in [1.165, 1.54) is 11.2 Å². The Balaban J connectivity index is 1.54. The van der Waals surface area contributed by atoms with Gasteiger partial charge in [0.15, 0.2) is 0 Å². The van der Waals surface area contributed by atoms with E-state index in [0.717, 1.165) is 36.8 Å². The number of H-pyrrole nitrogens is 1. The highest BCUT2D eigenvalue weighted by molar-refractivity contribution is 7.16. The zero-order valence-electron chi connectivity index (χ0n) is 11.6. The van der Waals surface area contributed by atoms with E-state index >= 15 is 0 Å². The van der Waals surface area contributed by atoms with Crippen molar-refractivity contribution in [3.8, 4) is 0 Å². The Morgan fingerprint density at radius 1 is 1.00 bits per heavy atom. The van der Waals surface area contributed by atoms with Gasteiger partial charge in [0.2, 0.25) is 0 Å². The minimum atomic E-state index is 0.977. The highest BCUT2D eigenvalue weighted by atomic mass is 32.1. The van der Waals surface area contributed by atoms with E-state index in [-0.39, 0.29) is 0 Å². The summed E-state index contributed by atoms with van der Waals surface area (Å²) in [6.45, 7) is 3.95. The molecule has 0 bridgehead atoms. The first kappa shape index (κ1) is 12.5. The maximum Gasteiger partial charge on any atom is 0.274 e. The molecule has 0 saturated carbocycles. The predicted molar refractivity (Wildman–Crippen MR) is 84.8 cm³/mol. The van der Waals surface area contributed by atoms with Crippen molar-refractivity contribution in [1.82, 2.24) is 9.97 Å². The van der Waals surface area contributed by atoms with Crippen LogP contribution < -0.4 is 14.8 Å². The Bertz CT molecular complexity index is 734. The molecule has 3 aromatic heterocycles. The summed E-state index contributed by atoms with van der Waals surface area (Å²) in [5.41, 5.74) is 0. The van der Waals surface area contributed by atoms with Crippen molar-refractivity contribution in [2.24, 2.45) is 0 Å². The van der Waals surface area contributed by atoms with Crippen LogP contribution in [-0.2, 0) is 0 Å². The zero-order chi connectivity index (χ0) is 14.1.